The van der Waals surface area contributed by atoms with Gasteiger partial charge in [0, 0.05) is 41.4 Å². The van der Waals surface area contributed by atoms with E-state index in [-0.39, 0.29) is 5.95 Å². The van der Waals surface area contributed by atoms with Crippen LogP contribution in [0.1, 0.15) is 5.56 Å². The summed E-state index contributed by atoms with van der Waals surface area (Å²) in [5.74, 6) is 1.09. The first-order valence-corrected chi connectivity index (χ1v) is 9.12. The molecule has 25 heavy (non-hydrogen) atoms. The van der Waals surface area contributed by atoms with Crippen LogP contribution in [0, 0.1) is 6.92 Å². The fraction of sp³-hybridized carbons (Fsp3) is 0.312. The summed E-state index contributed by atoms with van der Waals surface area (Å²) in [6, 6.07) is 3.95. The molecule has 9 heteroatoms. The summed E-state index contributed by atoms with van der Waals surface area (Å²) < 4.78 is 1.03. The Labute approximate surface area is 158 Å². The van der Waals surface area contributed by atoms with Crippen LogP contribution < -0.4 is 15.5 Å². The summed E-state index contributed by atoms with van der Waals surface area (Å²) in [4.78, 5) is 13.2. The highest BCUT2D eigenvalue weighted by Crippen LogP contribution is 2.32. The van der Waals surface area contributed by atoms with E-state index in [0.717, 1.165) is 52.6 Å². The van der Waals surface area contributed by atoms with E-state index in [9.17, 15) is 0 Å². The molecule has 0 spiro atoms. The molecule has 3 N–H and O–H groups in total. The molecular weight excluding hydrogens is 406 g/mol. The summed E-state index contributed by atoms with van der Waals surface area (Å²) in [6.45, 7) is 5.51. The van der Waals surface area contributed by atoms with Gasteiger partial charge in [-0.15, -0.1) is 0 Å². The molecule has 3 aromatic rings. The fourth-order valence-electron chi connectivity index (χ4n) is 3.20. The Morgan fingerprint density at radius 1 is 1.16 bits per heavy atom. The van der Waals surface area contributed by atoms with Crippen molar-refractivity contribution < 1.29 is 0 Å². The van der Waals surface area contributed by atoms with Crippen LogP contribution in [-0.4, -0.2) is 46.3 Å². The van der Waals surface area contributed by atoms with Crippen LogP contribution >= 0.6 is 27.5 Å². The number of rotatable bonds is 2. The van der Waals surface area contributed by atoms with Gasteiger partial charge < -0.3 is 15.5 Å². The Bertz CT molecular complexity index is 934. The maximum Gasteiger partial charge on any atom is 0.224 e. The predicted octanol–water partition coefficient (Wildman–Crippen LogP) is 2.99. The molecule has 1 aliphatic heterocycles. The van der Waals surface area contributed by atoms with Crippen molar-refractivity contribution >= 4 is 56.0 Å². The summed E-state index contributed by atoms with van der Waals surface area (Å²) in [6.07, 6.45) is 1.74. The second kappa shape index (κ2) is 6.34. The number of anilines is 3. The first-order valence-electron chi connectivity index (χ1n) is 7.95. The van der Waals surface area contributed by atoms with Crippen LogP contribution in [0.5, 0.6) is 0 Å². The lowest BCUT2D eigenvalue weighted by Crippen LogP contribution is -2.47. The molecule has 1 fully saturated rings. The van der Waals surface area contributed by atoms with Crippen molar-refractivity contribution in [1.82, 2.24) is 20.2 Å². The topological polar surface area (TPSA) is 87.0 Å². The first kappa shape index (κ1) is 16.4. The molecule has 4 rings (SSSR count). The molecule has 3 heterocycles. The number of fused-ring (bicyclic) bond motifs is 1. The van der Waals surface area contributed by atoms with E-state index < -0.39 is 0 Å². The number of aromatic amines is 1. The largest absolute Gasteiger partial charge is 0.368 e. The number of aromatic nitrogens is 4. The molecular formula is C16H17BrClN7. The van der Waals surface area contributed by atoms with Gasteiger partial charge in [0.05, 0.1) is 11.6 Å². The predicted molar refractivity (Wildman–Crippen MR) is 104 cm³/mol. The summed E-state index contributed by atoms with van der Waals surface area (Å²) >= 11 is 9.81. The van der Waals surface area contributed by atoms with Gasteiger partial charge >= 0.3 is 0 Å². The standard InChI is InChI=1S/C16H17BrClN7/c1-9-12(17)6-10(18)7-13(9)24-2-4-25(5-3-24)15-11-8-20-23-14(11)21-16(19)22-15/h6-8H,2-5H2,1H3,(H3,19,20,21,22,23). The number of halogens is 2. The molecule has 0 aliphatic carbocycles. The van der Waals surface area contributed by atoms with E-state index in [4.69, 9.17) is 17.3 Å². The first-order chi connectivity index (χ1) is 12.0. The number of H-pyrrole nitrogens is 1. The minimum absolute atomic E-state index is 0.254. The van der Waals surface area contributed by atoms with Gasteiger partial charge in [-0.05, 0) is 24.6 Å². The molecule has 7 nitrogen and oxygen atoms in total. The van der Waals surface area contributed by atoms with Gasteiger partial charge in [0.2, 0.25) is 5.95 Å². The smallest absolute Gasteiger partial charge is 0.224 e. The quantitative estimate of drug-likeness (QED) is 0.660. The molecule has 0 atom stereocenters. The molecule has 2 aromatic heterocycles. The lowest BCUT2D eigenvalue weighted by atomic mass is 10.1. The van der Waals surface area contributed by atoms with Gasteiger partial charge in [0.25, 0.3) is 0 Å². The Hall–Kier alpha value is -2.06. The normalized spacial score (nSPS) is 15.2. The zero-order chi connectivity index (χ0) is 17.6. The molecule has 1 aliphatic rings. The minimum atomic E-state index is 0.254. The van der Waals surface area contributed by atoms with Crippen molar-refractivity contribution in [1.29, 1.82) is 0 Å². The Kier molecular flexibility index (Phi) is 4.16. The van der Waals surface area contributed by atoms with Crippen molar-refractivity contribution in [2.24, 2.45) is 0 Å². The van der Waals surface area contributed by atoms with Crippen LogP contribution in [-0.2, 0) is 0 Å². The monoisotopic (exact) mass is 421 g/mol. The highest BCUT2D eigenvalue weighted by Gasteiger charge is 2.23. The van der Waals surface area contributed by atoms with Crippen LogP contribution in [0.15, 0.2) is 22.8 Å². The van der Waals surface area contributed by atoms with Crippen LogP contribution in [0.25, 0.3) is 11.0 Å². The molecule has 1 saturated heterocycles. The van der Waals surface area contributed by atoms with E-state index in [0.29, 0.717) is 5.65 Å². The summed E-state index contributed by atoms with van der Waals surface area (Å²) in [5, 5.41) is 8.54. The van der Waals surface area contributed by atoms with Crippen LogP contribution in [0.4, 0.5) is 17.5 Å². The molecule has 130 valence electrons. The average molecular weight is 423 g/mol. The second-order valence-electron chi connectivity index (χ2n) is 6.04. The molecule has 0 unspecified atom stereocenters. The number of hydrogen-bond donors (Lipinski definition) is 2. The maximum atomic E-state index is 6.23. The number of piperazine rings is 1. The third-order valence-electron chi connectivity index (χ3n) is 4.51. The molecule has 0 bridgehead atoms. The van der Waals surface area contributed by atoms with Crippen molar-refractivity contribution in [2.75, 3.05) is 41.7 Å². The zero-order valence-electron chi connectivity index (χ0n) is 13.6. The van der Waals surface area contributed by atoms with Crippen molar-refractivity contribution in [3.63, 3.8) is 0 Å². The minimum Gasteiger partial charge on any atom is -0.368 e. The van der Waals surface area contributed by atoms with Gasteiger partial charge in [0.1, 0.15) is 5.82 Å². The van der Waals surface area contributed by atoms with Crippen molar-refractivity contribution in [2.45, 2.75) is 6.92 Å². The van der Waals surface area contributed by atoms with Crippen molar-refractivity contribution in [3.05, 3.63) is 33.4 Å². The van der Waals surface area contributed by atoms with E-state index >= 15 is 0 Å². The number of nitrogen functional groups attached to an aromatic ring is 1. The SMILES string of the molecule is Cc1c(Br)cc(Cl)cc1N1CCN(c2nc(N)nc3[nH]ncc23)CC1. The van der Waals surface area contributed by atoms with Gasteiger partial charge in [-0.25, -0.2) is 0 Å². The van der Waals surface area contributed by atoms with Gasteiger partial charge in [-0.2, -0.15) is 15.1 Å². The van der Waals surface area contributed by atoms with Gasteiger partial charge in [-0.3, -0.25) is 5.10 Å². The zero-order valence-corrected chi connectivity index (χ0v) is 16.0. The van der Waals surface area contributed by atoms with E-state index in [1.54, 1.807) is 6.20 Å². The van der Waals surface area contributed by atoms with Crippen molar-refractivity contribution in [3.8, 4) is 0 Å². The van der Waals surface area contributed by atoms with E-state index in [1.165, 1.54) is 5.56 Å². The Morgan fingerprint density at radius 2 is 1.88 bits per heavy atom. The third-order valence-corrected chi connectivity index (χ3v) is 5.55. The number of benzene rings is 1. The highest BCUT2D eigenvalue weighted by atomic mass is 79.9. The molecule has 0 radical (unpaired) electrons. The van der Waals surface area contributed by atoms with Crippen LogP contribution in [0.2, 0.25) is 5.02 Å². The molecule has 0 saturated carbocycles. The second-order valence-corrected chi connectivity index (χ2v) is 7.33. The van der Waals surface area contributed by atoms with Crippen LogP contribution in [0.3, 0.4) is 0 Å². The fourth-order valence-corrected chi connectivity index (χ4v) is 3.99. The Morgan fingerprint density at radius 3 is 2.64 bits per heavy atom. The van der Waals surface area contributed by atoms with E-state index in [2.05, 4.69) is 52.8 Å². The average Bonchev–Trinajstić information content (AvgIpc) is 3.06. The number of hydrogen-bond acceptors (Lipinski definition) is 6. The third kappa shape index (κ3) is 3.00. The molecule has 1 aromatic carbocycles. The number of nitrogens with zero attached hydrogens (tertiary/aromatic N) is 5. The van der Waals surface area contributed by atoms with Gasteiger partial charge in [-0.1, -0.05) is 27.5 Å². The maximum absolute atomic E-state index is 6.23. The Balaban J connectivity index is 1.58. The van der Waals surface area contributed by atoms with E-state index in [1.807, 2.05) is 12.1 Å². The molecule has 0 amide bonds. The lowest BCUT2D eigenvalue weighted by molar-refractivity contribution is 0.648. The summed E-state index contributed by atoms with van der Waals surface area (Å²) in [5.41, 5.74) is 8.86. The van der Waals surface area contributed by atoms with Gasteiger partial charge in [0.15, 0.2) is 5.65 Å². The highest BCUT2D eigenvalue weighted by molar-refractivity contribution is 9.10. The lowest BCUT2D eigenvalue weighted by Gasteiger charge is -2.37. The summed E-state index contributed by atoms with van der Waals surface area (Å²) in [7, 11) is 0. The number of nitrogens with two attached hydrogens (primary N) is 1. The number of nitrogens with one attached hydrogen (secondary N) is 1.